The molecule has 1 saturated heterocycles. The number of ether oxygens (including phenoxy) is 1. The second kappa shape index (κ2) is 7.19. The van der Waals surface area contributed by atoms with Gasteiger partial charge in [0.25, 0.3) is 0 Å². The van der Waals surface area contributed by atoms with E-state index in [9.17, 15) is 9.90 Å². The fraction of sp³-hybridized carbons (Fsp3) is 0.900. The first kappa shape index (κ1) is 24.0. The van der Waals surface area contributed by atoms with Gasteiger partial charge in [-0.1, -0.05) is 53.2 Å². The molecule has 0 aromatic rings. The van der Waals surface area contributed by atoms with E-state index in [1.807, 2.05) is 0 Å². The zero-order chi connectivity index (χ0) is 24.2. The molecule has 1 aliphatic heterocycles. The zero-order valence-corrected chi connectivity index (χ0v) is 22.5. The molecule has 0 bridgehead atoms. The minimum atomic E-state index is -0.350. The molecule has 0 amide bonds. The predicted octanol–water partition coefficient (Wildman–Crippen LogP) is 6.73. The molecular weight excluding hydrogens is 408 g/mol. The summed E-state index contributed by atoms with van der Waals surface area (Å²) < 4.78 is 5.75. The smallest absolute Gasteiger partial charge is 0.138 e. The highest BCUT2D eigenvalue weighted by Crippen LogP contribution is 2.73. The minimum Gasteiger partial charge on any atom is -0.390 e. The highest BCUT2D eigenvalue weighted by molar-refractivity contribution is 5.85. The Morgan fingerprint density at radius 2 is 1.73 bits per heavy atom. The minimum absolute atomic E-state index is 0.00609. The first-order chi connectivity index (χ1) is 15.2. The van der Waals surface area contributed by atoms with Crippen LogP contribution in [0.1, 0.15) is 107 Å². The second-order valence-corrected chi connectivity index (χ2v) is 14.5. The van der Waals surface area contributed by atoms with Crippen LogP contribution in [-0.2, 0) is 9.53 Å². The van der Waals surface area contributed by atoms with Gasteiger partial charge in [0, 0.05) is 11.8 Å². The molecule has 1 heterocycles. The highest BCUT2D eigenvalue weighted by atomic mass is 16.6. The van der Waals surface area contributed by atoms with Crippen LogP contribution in [0.2, 0.25) is 0 Å². The molecule has 3 heteroatoms. The average molecular weight is 457 g/mol. The number of aliphatic hydroxyl groups excluding tert-OH is 1. The number of allylic oxidation sites excluding steroid dienone is 2. The van der Waals surface area contributed by atoms with Gasteiger partial charge in [-0.15, -0.1) is 0 Å². The Balaban J connectivity index is 1.41. The third-order valence-electron chi connectivity index (χ3n) is 12.4. The number of rotatable bonds is 4. The molecule has 5 aliphatic rings. The molecule has 3 nitrogen and oxygen atoms in total. The molecule has 9 atom stereocenters. The van der Waals surface area contributed by atoms with Crippen LogP contribution in [0.3, 0.4) is 0 Å². The summed E-state index contributed by atoms with van der Waals surface area (Å²) in [6, 6.07) is 0. The van der Waals surface area contributed by atoms with E-state index in [1.165, 1.54) is 25.7 Å². The van der Waals surface area contributed by atoms with Gasteiger partial charge in [-0.3, -0.25) is 4.79 Å². The van der Waals surface area contributed by atoms with E-state index in [2.05, 4.69) is 61.5 Å². The van der Waals surface area contributed by atoms with Crippen molar-refractivity contribution in [2.75, 3.05) is 0 Å². The van der Waals surface area contributed by atoms with E-state index in [1.54, 1.807) is 5.57 Å². The summed E-state index contributed by atoms with van der Waals surface area (Å²) in [5, 5.41) is 10.9. The summed E-state index contributed by atoms with van der Waals surface area (Å²) >= 11 is 0. The van der Waals surface area contributed by atoms with Gasteiger partial charge in [0.05, 0.1) is 11.7 Å². The van der Waals surface area contributed by atoms with Crippen molar-refractivity contribution in [1.82, 2.24) is 0 Å². The molecule has 0 radical (unpaired) electrons. The van der Waals surface area contributed by atoms with Gasteiger partial charge in [0.1, 0.15) is 11.9 Å². The quantitative estimate of drug-likeness (QED) is 0.377. The fourth-order valence-electron chi connectivity index (χ4n) is 9.97. The monoisotopic (exact) mass is 456 g/mol. The number of ketones is 1. The van der Waals surface area contributed by atoms with Crippen LogP contribution in [0, 0.1) is 45.3 Å². The lowest BCUT2D eigenvalue weighted by molar-refractivity contribution is -0.146. The standard InChI is InChI=1S/C30H48O3/c1-18(17-22(31)25-27(4,5)33-25)19-11-15-30(8)21-9-10-23-26(2,3)24(32)13-14-28(23,6)20(21)12-16-29(19,30)7/h9,18-20,22-23,25,31H,10-17H2,1-8H3/t18?,19?,20?,22?,23?,25?,28-,29+,30-/m1/s1. The predicted molar refractivity (Wildman–Crippen MR) is 133 cm³/mol. The first-order valence-corrected chi connectivity index (χ1v) is 13.8. The van der Waals surface area contributed by atoms with Crippen LogP contribution in [0.5, 0.6) is 0 Å². The Kier molecular flexibility index (Phi) is 5.24. The van der Waals surface area contributed by atoms with Crippen LogP contribution in [0.15, 0.2) is 11.6 Å². The summed E-state index contributed by atoms with van der Waals surface area (Å²) in [6.45, 7) is 18.7. The number of Topliss-reactive ketones (excluding diaryl/α,β-unsaturated/α-hetero) is 1. The number of hydrogen-bond acceptors (Lipinski definition) is 3. The lowest BCUT2D eigenvalue weighted by atomic mass is 9.41. The maximum Gasteiger partial charge on any atom is 0.138 e. The number of carbonyl (C=O) groups excluding carboxylic acids is 1. The first-order valence-electron chi connectivity index (χ1n) is 13.8. The topological polar surface area (TPSA) is 49.8 Å². The number of fused-ring (bicyclic) bond motifs is 5. The summed E-state index contributed by atoms with van der Waals surface area (Å²) in [6.07, 6.45) is 11.1. The normalized spacial score (nSPS) is 49.4. The van der Waals surface area contributed by atoms with E-state index in [4.69, 9.17) is 4.74 Å². The lowest BCUT2D eigenvalue weighted by Crippen LogP contribution is -2.57. The van der Waals surface area contributed by atoms with E-state index >= 15 is 0 Å². The highest BCUT2D eigenvalue weighted by Gasteiger charge is 2.65. The van der Waals surface area contributed by atoms with Crippen LogP contribution < -0.4 is 0 Å². The average Bonchev–Trinajstić information content (AvgIpc) is 3.26. The van der Waals surface area contributed by atoms with Crippen LogP contribution >= 0.6 is 0 Å². The molecule has 5 rings (SSSR count). The van der Waals surface area contributed by atoms with Gasteiger partial charge in [-0.25, -0.2) is 0 Å². The molecule has 4 aliphatic carbocycles. The number of aliphatic hydroxyl groups is 1. The molecule has 4 fully saturated rings. The summed E-state index contributed by atoms with van der Waals surface area (Å²) in [5.41, 5.74) is 2.17. The number of carbonyl (C=O) groups is 1. The van der Waals surface area contributed by atoms with Crippen molar-refractivity contribution in [1.29, 1.82) is 0 Å². The maximum absolute atomic E-state index is 12.8. The van der Waals surface area contributed by atoms with Gasteiger partial charge in [0.15, 0.2) is 0 Å². The lowest BCUT2D eigenvalue weighted by Gasteiger charge is -2.63. The Morgan fingerprint density at radius 3 is 2.36 bits per heavy atom. The largest absolute Gasteiger partial charge is 0.390 e. The fourth-order valence-corrected chi connectivity index (χ4v) is 9.97. The Hall–Kier alpha value is -0.670. The van der Waals surface area contributed by atoms with Crippen LogP contribution in [0.25, 0.3) is 0 Å². The molecular formula is C30H48O3. The van der Waals surface area contributed by atoms with E-state index in [0.29, 0.717) is 29.5 Å². The van der Waals surface area contributed by atoms with E-state index in [0.717, 1.165) is 25.7 Å². The van der Waals surface area contributed by atoms with Crippen molar-refractivity contribution in [3.63, 3.8) is 0 Å². The van der Waals surface area contributed by atoms with Gasteiger partial charge < -0.3 is 9.84 Å². The summed E-state index contributed by atoms with van der Waals surface area (Å²) in [7, 11) is 0. The third kappa shape index (κ3) is 3.16. The Labute approximate surface area is 202 Å². The van der Waals surface area contributed by atoms with Crippen molar-refractivity contribution in [2.24, 2.45) is 45.3 Å². The van der Waals surface area contributed by atoms with Gasteiger partial charge >= 0.3 is 0 Å². The van der Waals surface area contributed by atoms with E-state index in [-0.39, 0.29) is 39.5 Å². The molecule has 0 aromatic carbocycles. The van der Waals surface area contributed by atoms with Crippen molar-refractivity contribution < 1.29 is 14.6 Å². The van der Waals surface area contributed by atoms with Crippen LogP contribution in [-0.4, -0.2) is 28.7 Å². The van der Waals surface area contributed by atoms with Gasteiger partial charge in [-0.05, 0) is 98.7 Å². The van der Waals surface area contributed by atoms with E-state index < -0.39 is 0 Å². The number of epoxide rings is 1. The molecule has 6 unspecified atom stereocenters. The SMILES string of the molecule is CC(CC(O)C1OC1(C)C)C1CC[C@]2(C)C3=CCC4C(C)(C)C(=O)CC[C@]4(C)C3CC[C@@]12C. The van der Waals surface area contributed by atoms with Gasteiger partial charge in [-0.2, -0.15) is 0 Å². The molecule has 0 aromatic heterocycles. The van der Waals surface area contributed by atoms with Crippen molar-refractivity contribution >= 4 is 5.78 Å². The maximum atomic E-state index is 12.8. The molecule has 0 spiro atoms. The third-order valence-corrected chi connectivity index (χ3v) is 12.4. The summed E-state index contributed by atoms with van der Waals surface area (Å²) in [4.78, 5) is 12.8. The van der Waals surface area contributed by atoms with Crippen molar-refractivity contribution in [3.8, 4) is 0 Å². The molecule has 3 saturated carbocycles. The Morgan fingerprint density at radius 1 is 1.06 bits per heavy atom. The number of hydrogen-bond donors (Lipinski definition) is 1. The zero-order valence-electron chi connectivity index (χ0n) is 22.5. The molecule has 33 heavy (non-hydrogen) atoms. The second-order valence-electron chi connectivity index (χ2n) is 14.5. The van der Waals surface area contributed by atoms with Crippen LogP contribution in [0.4, 0.5) is 0 Å². The molecule has 1 N–H and O–H groups in total. The van der Waals surface area contributed by atoms with Crippen molar-refractivity contribution in [3.05, 3.63) is 11.6 Å². The summed E-state index contributed by atoms with van der Waals surface area (Å²) in [5.74, 6) is 2.73. The Bertz CT molecular complexity index is 870. The molecule has 186 valence electrons. The van der Waals surface area contributed by atoms with Crippen molar-refractivity contribution in [2.45, 2.75) is 125 Å². The van der Waals surface area contributed by atoms with Gasteiger partial charge in [0.2, 0.25) is 0 Å².